The predicted octanol–water partition coefficient (Wildman–Crippen LogP) is 0.882. The molecule has 1 atom stereocenters. The Morgan fingerprint density at radius 2 is 1.69 bits per heavy atom. The van der Waals surface area contributed by atoms with Gasteiger partial charge in [-0.3, -0.25) is 0 Å². The SMILES string of the molecule is [CH2-]CC(C)CCO[Si](C)(C)C(C)(C)C.[Cl-].[Mg+2]. The molecule has 0 bridgehead atoms. The molecule has 0 heterocycles. The Balaban J connectivity index is -0.000000845. The van der Waals surface area contributed by atoms with Gasteiger partial charge >= 0.3 is 23.1 Å². The molecular formula is C12H27ClMgOSi. The quantitative estimate of drug-likeness (QED) is 0.534. The summed E-state index contributed by atoms with van der Waals surface area (Å²) in [5.74, 6) is 0.694. The van der Waals surface area contributed by atoms with Gasteiger partial charge in [0.15, 0.2) is 8.32 Å². The fraction of sp³-hybridized carbons (Fsp3) is 0.917. The summed E-state index contributed by atoms with van der Waals surface area (Å²) in [6.07, 6.45) is 2.16. The topological polar surface area (TPSA) is 9.23 Å². The van der Waals surface area contributed by atoms with Gasteiger partial charge in [-0.1, -0.05) is 33.6 Å². The van der Waals surface area contributed by atoms with E-state index in [-0.39, 0.29) is 35.5 Å². The van der Waals surface area contributed by atoms with Gasteiger partial charge in [0, 0.05) is 6.61 Å². The molecule has 0 spiro atoms. The number of hydrogen-bond donors (Lipinski definition) is 0. The molecule has 0 N–H and O–H groups in total. The minimum atomic E-state index is -1.50. The van der Waals surface area contributed by atoms with Crippen molar-refractivity contribution in [2.24, 2.45) is 5.92 Å². The van der Waals surface area contributed by atoms with Crippen molar-refractivity contribution in [2.75, 3.05) is 6.61 Å². The molecule has 1 unspecified atom stereocenters. The predicted molar refractivity (Wildman–Crippen MR) is 72.7 cm³/mol. The van der Waals surface area contributed by atoms with Crippen LogP contribution in [0.15, 0.2) is 0 Å². The Morgan fingerprint density at radius 1 is 1.25 bits per heavy atom. The summed E-state index contributed by atoms with van der Waals surface area (Å²) in [5, 5.41) is 0.334. The Kier molecular flexibility index (Phi) is 12.9. The van der Waals surface area contributed by atoms with Gasteiger partial charge in [0.05, 0.1) is 0 Å². The molecule has 0 aromatic carbocycles. The summed E-state index contributed by atoms with van der Waals surface area (Å²) in [6, 6.07) is 0. The van der Waals surface area contributed by atoms with Crippen LogP contribution in [0.5, 0.6) is 0 Å². The molecule has 1 nitrogen and oxygen atoms in total. The van der Waals surface area contributed by atoms with Gasteiger partial charge in [-0.25, -0.2) is 0 Å². The molecule has 0 rings (SSSR count). The zero-order chi connectivity index (χ0) is 11.4. The van der Waals surface area contributed by atoms with Crippen molar-refractivity contribution in [2.45, 2.75) is 58.7 Å². The third-order valence-electron chi connectivity index (χ3n) is 3.37. The molecule has 0 aliphatic heterocycles. The van der Waals surface area contributed by atoms with Gasteiger partial charge < -0.3 is 23.8 Å². The van der Waals surface area contributed by atoms with Crippen molar-refractivity contribution >= 4 is 31.4 Å². The maximum Gasteiger partial charge on any atom is 2.00 e. The first-order valence-corrected chi connectivity index (χ1v) is 8.54. The average Bonchev–Trinajstić information content (AvgIpc) is 2.01. The number of rotatable bonds is 5. The molecule has 16 heavy (non-hydrogen) atoms. The minimum Gasteiger partial charge on any atom is -1.00 e. The van der Waals surface area contributed by atoms with Crippen LogP contribution in [0.2, 0.25) is 18.1 Å². The van der Waals surface area contributed by atoms with E-state index in [2.05, 4.69) is 47.7 Å². The van der Waals surface area contributed by atoms with E-state index in [0.717, 1.165) is 19.4 Å². The molecule has 0 aromatic rings. The number of hydrogen-bond acceptors (Lipinski definition) is 1. The van der Waals surface area contributed by atoms with E-state index in [1.807, 2.05) is 0 Å². The molecule has 0 aromatic heterocycles. The van der Waals surface area contributed by atoms with E-state index in [0.29, 0.717) is 11.0 Å². The van der Waals surface area contributed by atoms with Crippen LogP contribution >= 0.6 is 0 Å². The Labute approximate surface area is 126 Å². The van der Waals surface area contributed by atoms with Crippen LogP contribution in [0.1, 0.15) is 40.5 Å². The maximum absolute atomic E-state index is 6.08. The first-order chi connectivity index (χ1) is 6.20. The molecule has 0 aliphatic carbocycles. The molecule has 0 saturated heterocycles. The fourth-order valence-corrected chi connectivity index (χ4v) is 1.94. The van der Waals surface area contributed by atoms with Crippen molar-refractivity contribution in [1.82, 2.24) is 0 Å². The van der Waals surface area contributed by atoms with E-state index in [1.54, 1.807) is 0 Å². The third kappa shape index (κ3) is 8.34. The monoisotopic (exact) mass is 274 g/mol. The summed E-state index contributed by atoms with van der Waals surface area (Å²) in [6.45, 7) is 18.5. The molecule has 0 aliphatic rings. The Morgan fingerprint density at radius 3 is 2.00 bits per heavy atom. The molecular weight excluding hydrogens is 248 g/mol. The molecule has 0 radical (unpaired) electrons. The number of halogens is 1. The zero-order valence-corrected chi connectivity index (χ0v) is 15.1. The average molecular weight is 275 g/mol. The molecule has 0 fully saturated rings. The molecule has 0 amide bonds. The zero-order valence-electron chi connectivity index (χ0n) is 11.9. The van der Waals surface area contributed by atoms with E-state index in [9.17, 15) is 0 Å². The van der Waals surface area contributed by atoms with E-state index < -0.39 is 8.32 Å². The van der Waals surface area contributed by atoms with E-state index in [1.165, 1.54) is 0 Å². The molecule has 94 valence electrons. The minimum absolute atomic E-state index is 0. The van der Waals surface area contributed by atoms with Crippen LogP contribution in [-0.4, -0.2) is 38.0 Å². The Bertz CT molecular complexity index is 169. The third-order valence-corrected chi connectivity index (χ3v) is 7.91. The van der Waals surface area contributed by atoms with Crippen LogP contribution < -0.4 is 12.4 Å². The van der Waals surface area contributed by atoms with Crippen LogP contribution in [0.25, 0.3) is 0 Å². The smallest absolute Gasteiger partial charge is 1.00 e. The van der Waals surface area contributed by atoms with Crippen molar-refractivity contribution in [3.8, 4) is 0 Å². The summed E-state index contributed by atoms with van der Waals surface area (Å²) in [5.41, 5.74) is 0. The van der Waals surface area contributed by atoms with Crippen molar-refractivity contribution < 1.29 is 16.8 Å². The van der Waals surface area contributed by atoms with Gasteiger partial charge in [-0.15, -0.1) is 0 Å². The summed E-state index contributed by atoms with van der Waals surface area (Å²) < 4.78 is 6.08. The second kappa shape index (κ2) is 9.20. The van der Waals surface area contributed by atoms with Gasteiger partial charge in [0.25, 0.3) is 0 Å². The van der Waals surface area contributed by atoms with Crippen LogP contribution in [0, 0.1) is 12.8 Å². The first kappa shape index (κ1) is 22.4. The van der Waals surface area contributed by atoms with E-state index in [4.69, 9.17) is 4.43 Å². The Hall–Kier alpha value is 1.23. The first-order valence-electron chi connectivity index (χ1n) is 5.64. The summed E-state index contributed by atoms with van der Waals surface area (Å²) in [4.78, 5) is 0. The van der Waals surface area contributed by atoms with Crippen LogP contribution in [-0.2, 0) is 4.43 Å². The molecule has 4 heteroatoms. The van der Waals surface area contributed by atoms with Gasteiger partial charge in [-0.05, 0) is 24.6 Å². The summed E-state index contributed by atoms with van der Waals surface area (Å²) in [7, 11) is -1.50. The van der Waals surface area contributed by atoms with Crippen LogP contribution in [0.4, 0.5) is 0 Å². The largest absolute Gasteiger partial charge is 2.00 e. The van der Waals surface area contributed by atoms with Crippen molar-refractivity contribution in [1.29, 1.82) is 0 Å². The standard InChI is InChI=1S/C12H27OSi.ClH.Mg/c1-8-11(2)9-10-13-14(6,7)12(3,4)5;;/h11H,1,8-10H2,2-7H3;1H;/q-1;;+2/p-1. The second-order valence-electron chi connectivity index (χ2n) is 5.79. The normalized spacial score (nSPS) is 13.7. The molecule has 0 saturated carbocycles. The van der Waals surface area contributed by atoms with Gasteiger partial charge in [-0.2, -0.15) is 6.42 Å². The van der Waals surface area contributed by atoms with Crippen molar-refractivity contribution in [3.63, 3.8) is 0 Å². The van der Waals surface area contributed by atoms with Gasteiger partial charge in [0.2, 0.25) is 0 Å². The summed E-state index contributed by atoms with van der Waals surface area (Å²) >= 11 is 0. The van der Waals surface area contributed by atoms with Crippen molar-refractivity contribution in [3.05, 3.63) is 6.92 Å². The van der Waals surface area contributed by atoms with Gasteiger partial charge in [0.1, 0.15) is 0 Å². The van der Waals surface area contributed by atoms with Crippen LogP contribution in [0.3, 0.4) is 0 Å². The van der Waals surface area contributed by atoms with E-state index >= 15 is 0 Å². The fourth-order valence-electron chi connectivity index (χ4n) is 0.876. The maximum atomic E-state index is 6.08. The second-order valence-corrected chi connectivity index (χ2v) is 10.6.